The second-order valence-corrected chi connectivity index (χ2v) is 4.11. The maximum absolute atomic E-state index is 12.0. The lowest BCUT2D eigenvalue weighted by atomic mass is 10.1. The molecule has 0 fully saturated rings. The minimum atomic E-state index is -4.46. The van der Waals surface area contributed by atoms with Crippen molar-refractivity contribution >= 4 is 16.7 Å². The summed E-state index contributed by atoms with van der Waals surface area (Å²) in [6.45, 7) is -1.40. The number of benzene rings is 1. The predicted octanol–water partition coefficient (Wildman–Crippen LogP) is 1.14. The maximum Gasteiger partial charge on any atom is 0.405 e. The fraction of sp³-hybridized carbons (Fsp3) is 0.250. The normalized spacial score (nSPS) is 11.6. The van der Waals surface area contributed by atoms with Crippen LogP contribution in [0.2, 0.25) is 0 Å². The summed E-state index contributed by atoms with van der Waals surface area (Å²) in [7, 11) is 0. The quantitative estimate of drug-likeness (QED) is 0.888. The third-order valence-electron chi connectivity index (χ3n) is 2.59. The van der Waals surface area contributed by atoms with Crippen LogP contribution in [0, 0.1) is 0 Å². The number of nitrogens with zero attached hydrogens (tertiary/aromatic N) is 1. The number of aromatic nitrogens is 2. The van der Waals surface area contributed by atoms with E-state index in [1.165, 1.54) is 0 Å². The summed E-state index contributed by atoms with van der Waals surface area (Å²) in [5, 5.41) is 8.46. The van der Waals surface area contributed by atoms with E-state index in [9.17, 15) is 22.8 Å². The molecule has 1 amide bonds. The van der Waals surface area contributed by atoms with E-state index >= 15 is 0 Å². The average molecular weight is 285 g/mol. The molecule has 20 heavy (non-hydrogen) atoms. The first-order valence-electron chi connectivity index (χ1n) is 5.66. The molecule has 0 spiro atoms. The third kappa shape index (κ3) is 3.34. The monoisotopic (exact) mass is 285 g/mol. The molecule has 1 aromatic carbocycles. The molecule has 106 valence electrons. The fourth-order valence-electron chi connectivity index (χ4n) is 1.72. The number of carbonyl (C=O) groups is 1. The average Bonchev–Trinajstić information content (AvgIpc) is 2.39. The van der Waals surface area contributed by atoms with E-state index in [0.717, 1.165) is 0 Å². The van der Waals surface area contributed by atoms with Crippen molar-refractivity contribution in [2.75, 3.05) is 6.54 Å². The first kappa shape index (κ1) is 14.0. The number of alkyl halides is 3. The first-order chi connectivity index (χ1) is 9.37. The Kier molecular flexibility index (Phi) is 3.73. The number of fused-ring (bicyclic) bond motifs is 1. The van der Waals surface area contributed by atoms with Gasteiger partial charge in [-0.2, -0.15) is 18.3 Å². The molecule has 5 nitrogen and oxygen atoms in total. The minimum Gasteiger partial charge on any atom is -0.347 e. The number of hydrogen-bond acceptors (Lipinski definition) is 3. The summed E-state index contributed by atoms with van der Waals surface area (Å²) in [5.41, 5.74) is -0.195. The van der Waals surface area contributed by atoms with Crippen molar-refractivity contribution in [2.45, 2.75) is 12.6 Å². The van der Waals surface area contributed by atoms with E-state index in [4.69, 9.17) is 0 Å². The number of halogens is 3. The highest BCUT2D eigenvalue weighted by molar-refractivity contribution is 5.88. The maximum atomic E-state index is 12.0. The van der Waals surface area contributed by atoms with Crippen LogP contribution in [-0.2, 0) is 11.2 Å². The van der Waals surface area contributed by atoms with Crippen molar-refractivity contribution in [1.29, 1.82) is 0 Å². The van der Waals surface area contributed by atoms with E-state index in [2.05, 4.69) is 10.2 Å². The molecule has 0 unspecified atom stereocenters. The van der Waals surface area contributed by atoms with Crippen molar-refractivity contribution in [3.63, 3.8) is 0 Å². The molecule has 2 rings (SSSR count). The molecule has 0 aliphatic heterocycles. The smallest absolute Gasteiger partial charge is 0.347 e. The molecule has 1 aromatic heterocycles. The summed E-state index contributed by atoms with van der Waals surface area (Å²) in [5.74, 6) is -0.813. The Morgan fingerprint density at radius 2 is 1.90 bits per heavy atom. The van der Waals surface area contributed by atoms with Gasteiger partial charge in [0.15, 0.2) is 0 Å². The van der Waals surface area contributed by atoms with Gasteiger partial charge in [-0.3, -0.25) is 9.59 Å². The number of carbonyl (C=O) groups excluding carboxylic acids is 1. The molecule has 0 radical (unpaired) electrons. The van der Waals surface area contributed by atoms with Gasteiger partial charge in [0, 0.05) is 5.39 Å². The Balaban J connectivity index is 2.20. The summed E-state index contributed by atoms with van der Waals surface area (Å²) in [6, 6.07) is 6.43. The Hall–Kier alpha value is -2.38. The number of nitrogens with one attached hydrogen (secondary N) is 2. The third-order valence-corrected chi connectivity index (χ3v) is 2.59. The summed E-state index contributed by atoms with van der Waals surface area (Å²) in [4.78, 5) is 23.0. The molecular weight excluding hydrogens is 275 g/mol. The molecule has 1 heterocycles. The van der Waals surface area contributed by atoms with Crippen LogP contribution in [0.15, 0.2) is 29.1 Å². The molecule has 0 aliphatic carbocycles. The van der Waals surface area contributed by atoms with Gasteiger partial charge in [-0.15, -0.1) is 0 Å². The summed E-state index contributed by atoms with van der Waals surface area (Å²) < 4.78 is 35.9. The molecular formula is C12H10F3N3O2. The Morgan fingerprint density at radius 3 is 2.55 bits per heavy atom. The van der Waals surface area contributed by atoms with Crippen LogP contribution in [0.4, 0.5) is 13.2 Å². The van der Waals surface area contributed by atoms with E-state index < -0.39 is 24.2 Å². The van der Waals surface area contributed by atoms with Crippen LogP contribution in [0.1, 0.15) is 5.69 Å². The van der Waals surface area contributed by atoms with Crippen LogP contribution < -0.4 is 10.9 Å². The lowest BCUT2D eigenvalue weighted by molar-refractivity contribution is -0.138. The highest BCUT2D eigenvalue weighted by Gasteiger charge is 2.27. The van der Waals surface area contributed by atoms with Crippen molar-refractivity contribution in [2.24, 2.45) is 0 Å². The number of aromatic amines is 1. The summed E-state index contributed by atoms with van der Waals surface area (Å²) >= 11 is 0. The van der Waals surface area contributed by atoms with Gasteiger partial charge in [0.05, 0.1) is 17.5 Å². The topological polar surface area (TPSA) is 74.8 Å². The highest BCUT2D eigenvalue weighted by atomic mass is 19.4. The van der Waals surface area contributed by atoms with E-state index in [1.54, 1.807) is 29.6 Å². The Labute approximate surface area is 110 Å². The number of amides is 1. The molecule has 0 bridgehead atoms. The van der Waals surface area contributed by atoms with Crippen molar-refractivity contribution in [3.05, 3.63) is 40.3 Å². The SMILES string of the molecule is O=C(Cc1n[nH]c(=O)c2ccccc12)NCC(F)(F)F. The van der Waals surface area contributed by atoms with Crippen molar-refractivity contribution in [1.82, 2.24) is 15.5 Å². The van der Waals surface area contributed by atoms with Gasteiger partial charge in [-0.25, -0.2) is 5.10 Å². The second-order valence-electron chi connectivity index (χ2n) is 4.11. The zero-order chi connectivity index (χ0) is 14.8. The molecule has 0 saturated heterocycles. The van der Waals surface area contributed by atoms with Gasteiger partial charge in [0.1, 0.15) is 6.54 Å². The van der Waals surface area contributed by atoms with Gasteiger partial charge in [0.25, 0.3) is 5.56 Å². The zero-order valence-corrected chi connectivity index (χ0v) is 10.1. The standard InChI is InChI=1S/C12H10F3N3O2/c13-12(14,15)6-16-10(19)5-9-7-3-1-2-4-8(7)11(20)18-17-9/h1-4H,5-6H2,(H,16,19)(H,18,20). The number of rotatable bonds is 3. The molecule has 2 N–H and O–H groups in total. The second kappa shape index (κ2) is 5.32. The lowest BCUT2D eigenvalue weighted by Crippen LogP contribution is -2.35. The van der Waals surface area contributed by atoms with E-state index in [0.29, 0.717) is 10.8 Å². The van der Waals surface area contributed by atoms with Gasteiger partial charge < -0.3 is 5.32 Å². The van der Waals surface area contributed by atoms with Crippen LogP contribution in [0.5, 0.6) is 0 Å². The van der Waals surface area contributed by atoms with Gasteiger partial charge in [-0.1, -0.05) is 18.2 Å². The van der Waals surface area contributed by atoms with Crippen LogP contribution in [0.3, 0.4) is 0 Å². The largest absolute Gasteiger partial charge is 0.405 e. The number of H-pyrrole nitrogens is 1. The Morgan fingerprint density at radius 1 is 1.25 bits per heavy atom. The summed E-state index contributed by atoms with van der Waals surface area (Å²) in [6.07, 6.45) is -4.80. The fourth-order valence-corrected chi connectivity index (χ4v) is 1.72. The van der Waals surface area contributed by atoms with Gasteiger partial charge in [0.2, 0.25) is 5.91 Å². The van der Waals surface area contributed by atoms with Crippen LogP contribution in [-0.4, -0.2) is 28.8 Å². The lowest BCUT2D eigenvalue weighted by Gasteiger charge is -2.08. The minimum absolute atomic E-state index is 0.222. The highest BCUT2D eigenvalue weighted by Crippen LogP contribution is 2.14. The van der Waals surface area contributed by atoms with Crippen molar-refractivity contribution in [3.8, 4) is 0 Å². The molecule has 0 atom stereocenters. The van der Waals surface area contributed by atoms with Gasteiger partial charge >= 0.3 is 6.18 Å². The van der Waals surface area contributed by atoms with Gasteiger partial charge in [-0.05, 0) is 6.07 Å². The molecule has 2 aromatic rings. The molecule has 0 aliphatic rings. The first-order valence-corrected chi connectivity index (χ1v) is 5.66. The van der Waals surface area contributed by atoms with Crippen LogP contribution in [0.25, 0.3) is 10.8 Å². The van der Waals surface area contributed by atoms with E-state index in [-0.39, 0.29) is 12.1 Å². The Bertz CT molecular complexity index is 694. The molecule has 0 saturated carbocycles. The van der Waals surface area contributed by atoms with Crippen LogP contribution >= 0.6 is 0 Å². The zero-order valence-electron chi connectivity index (χ0n) is 10.1. The van der Waals surface area contributed by atoms with E-state index in [1.807, 2.05) is 0 Å². The number of hydrogen-bond donors (Lipinski definition) is 2. The predicted molar refractivity (Wildman–Crippen MR) is 65.1 cm³/mol. The van der Waals surface area contributed by atoms with Crippen molar-refractivity contribution < 1.29 is 18.0 Å². The molecule has 8 heteroatoms.